The van der Waals surface area contributed by atoms with Crippen LogP contribution in [-0.4, -0.2) is 12.1 Å². The first-order chi connectivity index (χ1) is 7.86. The molecule has 1 heterocycles. The molecule has 0 spiro atoms. The second-order valence-corrected chi connectivity index (χ2v) is 3.74. The van der Waals surface area contributed by atoms with Gasteiger partial charge in [-0.1, -0.05) is 18.2 Å². The molecule has 0 radical (unpaired) electrons. The Morgan fingerprint density at radius 3 is 2.56 bits per heavy atom. The molecule has 0 bridgehead atoms. The molecule has 0 amide bonds. The average Bonchev–Trinajstić information content (AvgIpc) is 2.35. The van der Waals surface area contributed by atoms with Crippen LogP contribution >= 0.6 is 0 Å². The zero-order valence-electron chi connectivity index (χ0n) is 8.97. The number of methoxy groups -OCH3 is 1. The van der Waals surface area contributed by atoms with E-state index in [9.17, 15) is 0 Å². The van der Waals surface area contributed by atoms with Gasteiger partial charge >= 0.3 is 0 Å². The molecule has 0 N–H and O–H groups in total. The van der Waals surface area contributed by atoms with Gasteiger partial charge in [0.1, 0.15) is 5.75 Å². The van der Waals surface area contributed by atoms with Crippen molar-refractivity contribution in [1.82, 2.24) is 4.98 Å². The third kappa shape index (κ3) is 1.39. The Bertz CT molecular complexity index is 661. The van der Waals surface area contributed by atoms with Crippen LogP contribution < -0.4 is 4.74 Å². The van der Waals surface area contributed by atoms with Crippen molar-refractivity contribution in [2.45, 2.75) is 0 Å². The second-order valence-electron chi connectivity index (χ2n) is 3.74. The molecule has 2 nitrogen and oxygen atoms in total. The number of pyridine rings is 1. The summed E-state index contributed by atoms with van der Waals surface area (Å²) in [6.45, 7) is 0. The molecule has 0 aliphatic carbocycles. The summed E-state index contributed by atoms with van der Waals surface area (Å²) in [6.07, 6.45) is 0. The minimum absolute atomic E-state index is 0.865. The molecule has 2 aromatic carbocycles. The van der Waals surface area contributed by atoms with E-state index in [-0.39, 0.29) is 0 Å². The maximum atomic E-state index is 5.21. The summed E-state index contributed by atoms with van der Waals surface area (Å²) in [5, 5.41) is 2.27. The first-order valence-electron chi connectivity index (χ1n) is 5.20. The maximum Gasteiger partial charge on any atom is 0.119 e. The van der Waals surface area contributed by atoms with Crippen molar-refractivity contribution in [3.63, 3.8) is 0 Å². The summed E-state index contributed by atoms with van der Waals surface area (Å²) in [5.41, 5.74) is 2.03. The third-order valence-corrected chi connectivity index (χ3v) is 2.72. The van der Waals surface area contributed by atoms with Gasteiger partial charge in [0, 0.05) is 10.8 Å². The number of nitrogens with zero attached hydrogens (tertiary/aromatic N) is 1. The summed E-state index contributed by atoms with van der Waals surface area (Å²) in [5.74, 6) is 0.865. The fourth-order valence-corrected chi connectivity index (χ4v) is 1.89. The SMILES string of the molecule is COc1ccc2nc3ccccc3cc2c1. The topological polar surface area (TPSA) is 22.1 Å². The van der Waals surface area contributed by atoms with Crippen LogP contribution in [-0.2, 0) is 0 Å². The van der Waals surface area contributed by atoms with Crippen LogP contribution in [0.3, 0.4) is 0 Å². The fraction of sp³-hybridized carbons (Fsp3) is 0.0714. The summed E-state index contributed by atoms with van der Waals surface area (Å²) >= 11 is 0. The first kappa shape index (κ1) is 9.16. The Morgan fingerprint density at radius 1 is 0.875 bits per heavy atom. The van der Waals surface area contributed by atoms with E-state index in [0.717, 1.165) is 27.6 Å². The van der Waals surface area contributed by atoms with Crippen molar-refractivity contribution in [1.29, 1.82) is 0 Å². The number of hydrogen-bond donors (Lipinski definition) is 0. The first-order valence-corrected chi connectivity index (χ1v) is 5.20. The van der Waals surface area contributed by atoms with Gasteiger partial charge in [-0.3, -0.25) is 0 Å². The highest BCUT2D eigenvalue weighted by molar-refractivity contribution is 5.93. The van der Waals surface area contributed by atoms with E-state index in [0.29, 0.717) is 0 Å². The normalized spacial score (nSPS) is 10.8. The summed E-state index contributed by atoms with van der Waals surface area (Å²) in [4.78, 5) is 4.60. The number of fused-ring (bicyclic) bond motifs is 2. The fourth-order valence-electron chi connectivity index (χ4n) is 1.89. The molecule has 0 saturated heterocycles. The van der Waals surface area contributed by atoms with E-state index in [1.165, 1.54) is 0 Å². The molecule has 2 heteroatoms. The largest absolute Gasteiger partial charge is 0.497 e. The Kier molecular flexibility index (Phi) is 2.00. The van der Waals surface area contributed by atoms with Crippen LogP contribution in [0.4, 0.5) is 0 Å². The van der Waals surface area contributed by atoms with E-state index in [2.05, 4.69) is 17.1 Å². The minimum atomic E-state index is 0.865. The Labute approximate surface area is 93.5 Å². The van der Waals surface area contributed by atoms with Gasteiger partial charge in [-0.2, -0.15) is 0 Å². The highest BCUT2D eigenvalue weighted by Crippen LogP contribution is 2.23. The Balaban J connectivity index is 2.37. The van der Waals surface area contributed by atoms with Gasteiger partial charge in [0.25, 0.3) is 0 Å². The molecule has 0 aliphatic rings. The average molecular weight is 209 g/mol. The van der Waals surface area contributed by atoms with Gasteiger partial charge in [0.15, 0.2) is 0 Å². The predicted octanol–water partition coefficient (Wildman–Crippen LogP) is 3.40. The molecule has 0 fully saturated rings. The van der Waals surface area contributed by atoms with E-state index in [1.54, 1.807) is 7.11 Å². The third-order valence-electron chi connectivity index (χ3n) is 2.72. The van der Waals surface area contributed by atoms with Crippen molar-refractivity contribution < 1.29 is 4.74 Å². The van der Waals surface area contributed by atoms with Crippen LogP contribution in [0.15, 0.2) is 48.5 Å². The number of para-hydroxylation sites is 1. The number of rotatable bonds is 1. The van der Waals surface area contributed by atoms with Crippen LogP contribution in [0.25, 0.3) is 21.8 Å². The molecule has 0 aliphatic heterocycles. The molecule has 16 heavy (non-hydrogen) atoms. The molecule has 3 aromatic rings. The lowest BCUT2D eigenvalue weighted by Gasteiger charge is -2.03. The quantitative estimate of drug-likeness (QED) is 0.573. The van der Waals surface area contributed by atoms with E-state index in [1.807, 2.05) is 36.4 Å². The number of ether oxygens (including phenoxy) is 1. The van der Waals surface area contributed by atoms with Crippen LogP contribution in [0.2, 0.25) is 0 Å². The smallest absolute Gasteiger partial charge is 0.119 e. The van der Waals surface area contributed by atoms with Gasteiger partial charge in [-0.05, 0) is 30.3 Å². The monoisotopic (exact) mass is 209 g/mol. The van der Waals surface area contributed by atoms with E-state index in [4.69, 9.17) is 4.74 Å². The number of hydrogen-bond acceptors (Lipinski definition) is 2. The van der Waals surface area contributed by atoms with Crippen molar-refractivity contribution in [2.24, 2.45) is 0 Å². The minimum Gasteiger partial charge on any atom is -0.497 e. The molecule has 0 unspecified atom stereocenters. The number of benzene rings is 2. The highest BCUT2D eigenvalue weighted by atomic mass is 16.5. The molecule has 78 valence electrons. The lowest BCUT2D eigenvalue weighted by molar-refractivity contribution is 0.415. The Hall–Kier alpha value is -2.09. The lowest BCUT2D eigenvalue weighted by atomic mass is 10.1. The highest BCUT2D eigenvalue weighted by Gasteiger charge is 2.00. The van der Waals surface area contributed by atoms with Crippen LogP contribution in [0.5, 0.6) is 5.75 Å². The molecule has 0 atom stereocenters. The van der Waals surface area contributed by atoms with E-state index < -0.39 is 0 Å². The standard InChI is InChI=1S/C14H11NO/c1-16-12-6-7-14-11(9-12)8-10-4-2-3-5-13(10)15-14/h2-9H,1H3. The van der Waals surface area contributed by atoms with Crippen molar-refractivity contribution >= 4 is 21.8 Å². The molecule has 1 aromatic heterocycles. The zero-order valence-corrected chi connectivity index (χ0v) is 8.97. The Morgan fingerprint density at radius 2 is 1.69 bits per heavy atom. The summed E-state index contributed by atoms with van der Waals surface area (Å²) in [6, 6.07) is 16.2. The second kappa shape index (κ2) is 3.49. The maximum absolute atomic E-state index is 5.21. The van der Waals surface area contributed by atoms with Gasteiger partial charge in [0.05, 0.1) is 18.1 Å². The molecular formula is C14H11NO. The lowest BCUT2D eigenvalue weighted by Crippen LogP contribution is -1.85. The summed E-state index contributed by atoms with van der Waals surface area (Å²) < 4.78 is 5.21. The van der Waals surface area contributed by atoms with Crippen molar-refractivity contribution in [3.05, 3.63) is 48.5 Å². The van der Waals surface area contributed by atoms with Gasteiger partial charge in [-0.15, -0.1) is 0 Å². The predicted molar refractivity (Wildman–Crippen MR) is 65.8 cm³/mol. The zero-order chi connectivity index (χ0) is 11.0. The van der Waals surface area contributed by atoms with Crippen LogP contribution in [0, 0.1) is 0 Å². The van der Waals surface area contributed by atoms with Gasteiger partial charge < -0.3 is 4.74 Å². The van der Waals surface area contributed by atoms with Gasteiger partial charge in [0.2, 0.25) is 0 Å². The van der Waals surface area contributed by atoms with Crippen molar-refractivity contribution in [3.8, 4) is 5.75 Å². The van der Waals surface area contributed by atoms with Crippen LogP contribution in [0.1, 0.15) is 0 Å². The molecule has 3 rings (SSSR count). The van der Waals surface area contributed by atoms with E-state index >= 15 is 0 Å². The number of aromatic nitrogens is 1. The molecular weight excluding hydrogens is 198 g/mol. The summed E-state index contributed by atoms with van der Waals surface area (Å²) in [7, 11) is 1.68. The molecule has 0 saturated carbocycles. The van der Waals surface area contributed by atoms with Crippen molar-refractivity contribution in [2.75, 3.05) is 7.11 Å². The van der Waals surface area contributed by atoms with Gasteiger partial charge in [-0.25, -0.2) is 4.98 Å².